The van der Waals surface area contributed by atoms with E-state index in [-0.39, 0.29) is 36.9 Å². The molecule has 8 heteroatoms. The van der Waals surface area contributed by atoms with Crippen molar-refractivity contribution in [1.29, 1.82) is 0 Å². The lowest BCUT2D eigenvalue weighted by atomic mass is 10.1. The minimum Gasteiger partial charge on any atom is -0.477 e. The molecule has 2 amide bonds. The second-order valence-electron chi connectivity index (χ2n) is 7.80. The molecule has 0 radical (unpaired) electrons. The minimum absolute atomic E-state index is 0.0624. The van der Waals surface area contributed by atoms with Gasteiger partial charge in [0.1, 0.15) is 5.75 Å². The number of para-hydroxylation sites is 2. The zero-order valence-electron chi connectivity index (χ0n) is 18.0. The number of ether oxygens (including phenoxy) is 1. The van der Waals surface area contributed by atoms with Crippen LogP contribution in [0.15, 0.2) is 34.9 Å². The van der Waals surface area contributed by atoms with Crippen molar-refractivity contribution in [3.05, 3.63) is 36.0 Å². The standard InChI is InChI=1S/C22H30N4O4/c1-5-15(6-2)23-22(28)19-12-26(17-9-7-8-10-18(17)29-19)13-20(27)24-21-11-16(14(3)4)25-30-21/h7-11,14-15,19H,5-6,12-13H2,1-4H3,(H,23,28)(H,24,27). The molecule has 162 valence electrons. The third-order valence-corrected chi connectivity index (χ3v) is 5.20. The number of fused-ring (bicyclic) bond motifs is 1. The monoisotopic (exact) mass is 414 g/mol. The first-order valence-electron chi connectivity index (χ1n) is 10.5. The fraction of sp³-hybridized carbons (Fsp3) is 0.500. The smallest absolute Gasteiger partial charge is 0.263 e. The summed E-state index contributed by atoms with van der Waals surface area (Å²) in [5.74, 6) is 0.689. The average molecular weight is 415 g/mol. The highest BCUT2D eigenvalue weighted by Gasteiger charge is 2.32. The molecule has 2 N–H and O–H groups in total. The lowest BCUT2D eigenvalue weighted by Crippen LogP contribution is -2.52. The summed E-state index contributed by atoms with van der Waals surface area (Å²) >= 11 is 0. The predicted octanol–water partition coefficient (Wildman–Crippen LogP) is 3.31. The normalized spacial score (nSPS) is 15.7. The molecule has 1 aromatic heterocycles. The quantitative estimate of drug-likeness (QED) is 0.688. The summed E-state index contributed by atoms with van der Waals surface area (Å²) in [4.78, 5) is 27.2. The van der Waals surface area contributed by atoms with Gasteiger partial charge in [-0.05, 0) is 30.9 Å². The van der Waals surface area contributed by atoms with Gasteiger partial charge in [0.25, 0.3) is 5.91 Å². The molecule has 0 saturated heterocycles. The van der Waals surface area contributed by atoms with Crippen molar-refractivity contribution in [2.24, 2.45) is 0 Å². The van der Waals surface area contributed by atoms with Crippen molar-refractivity contribution in [1.82, 2.24) is 10.5 Å². The van der Waals surface area contributed by atoms with Gasteiger partial charge < -0.3 is 19.5 Å². The summed E-state index contributed by atoms with van der Waals surface area (Å²) in [6.45, 7) is 8.42. The van der Waals surface area contributed by atoms with Crippen molar-refractivity contribution in [3.8, 4) is 5.75 Å². The summed E-state index contributed by atoms with van der Waals surface area (Å²) in [7, 11) is 0. The Kier molecular flexibility index (Phi) is 6.97. The summed E-state index contributed by atoms with van der Waals surface area (Å²) in [6, 6.07) is 9.24. The Hall–Kier alpha value is -3.03. The van der Waals surface area contributed by atoms with E-state index in [1.165, 1.54) is 0 Å². The highest BCUT2D eigenvalue weighted by molar-refractivity contribution is 5.94. The number of nitrogens with zero attached hydrogens (tertiary/aromatic N) is 2. The maximum atomic E-state index is 12.7. The van der Waals surface area contributed by atoms with Crippen LogP contribution < -0.4 is 20.3 Å². The van der Waals surface area contributed by atoms with E-state index in [1.54, 1.807) is 6.07 Å². The second kappa shape index (κ2) is 9.65. The molecule has 0 spiro atoms. The van der Waals surface area contributed by atoms with Crippen LogP contribution in [0.1, 0.15) is 52.1 Å². The van der Waals surface area contributed by atoms with E-state index in [0.717, 1.165) is 24.2 Å². The SMILES string of the molecule is CCC(CC)NC(=O)C1CN(CC(=O)Nc2cc(C(C)C)no2)c2ccccc2O1. The van der Waals surface area contributed by atoms with Crippen LogP contribution in [0.2, 0.25) is 0 Å². The van der Waals surface area contributed by atoms with Crippen LogP contribution in [0.4, 0.5) is 11.6 Å². The van der Waals surface area contributed by atoms with E-state index in [1.807, 2.05) is 56.9 Å². The zero-order valence-corrected chi connectivity index (χ0v) is 18.0. The highest BCUT2D eigenvalue weighted by Crippen LogP contribution is 2.33. The molecule has 1 aliphatic heterocycles. The van der Waals surface area contributed by atoms with Gasteiger partial charge in [-0.2, -0.15) is 0 Å². The second-order valence-corrected chi connectivity index (χ2v) is 7.80. The summed E-state index contributed by atoms with van der Waals surface area (Å²) in [5, 5.41) is 9.72. The number of anilines is 2. The Labute approximate surface area is 176 Å². The summed E-state index contributed by atoms with van der Waals surface area (Å²) < 4.78 is 11.1. The molecule has 1 aromatic carbocycles. The molecular formula is C22H30N4O4. The molecule has 8 nitrogen and oxygen atoms in total. The lowest BCUT2D eigenvalue weighted by molar-refractivity contribution is -0.129. The number of benzene rings is 1. The van der Waals surface area contributed by atoms with Gasteiger partial charge in [-0.3, -0.25) is 14.9 Å². The summed E-state index contributed by atoms with van der Waals surface area (Å²) in [6.07, 6.45) is 1.02. The first-order valence-corrected chi connectivity index (χ1v) is 10.5. The lowest BCUT2D eigenvalue weighted by Gasteiger charge is -2.35. The van der Waals surface area contributed by atoms with E-state index in [9.17, 15) is 9.59 Å². The molecule has 0 saturated carbocycles. The van der Waals surface area contributed by atoms with Crippen molar-refractivity contribution >= 4 is 23.4 Å². The van der Waals surface area contributed by atoms with Crippen molar-refractivity contribution in [2.45, 2.75) is 58.6 Å². The van der Waals surface area contributed by atoms with E-state index in [4.69, 9.17) is 9.26 Å². The van der Waals surface area contributed by atoms with E-state index in [2.05, 4.69) is 15.8 Å². The largest absolute Gasteiger partial charge is 0.477 e. The molecule has 1 aliphatic rings. The number of hydrogen-bond donors (Lipinski definition) is 2. The minimum atomic E-state index is -0.689. The molecule has 0 bridgehead atoms. The number of nitrogens with one attached hydrogen (secondary N) is 2. The Balaban J connectivity index is 1.70. The van der Waals surface area contributed by atoms with Gasteiger partial charge in [-0.1, -0.05) is 45.0 Å². The number of amides is 2. The first-order chi connectivity index (χ1) is 14.4. The van der Waals surface area contributed by atoms with Crippen LogP contribution in [0.25, 0.3) is 0 Å². The van der Waals surface area contributed by atoms with E-state index < -0.39 is 6.10 Å². The highest BCUT2D eigenvalue weighted by atomic mass is 16.5. The average Bonchev–Trinajstić information content (AvgIpc) is 3.20. The molecular weight excluding hydrogens is 384 g/mol. The fourth-order valence-corrected chi connectivity index (χ4v) is 3.35. The number of aromatic nitrogens is 1. The zero-order chi connectivity index (χ0) is 21.7. The van der Waals surface area contributed by atoms with Gasteiger partial charge in [-0.25, -0.2) is 0 Å². The van der Waals surface area contributed by atoms with Crippen LogP contribution in [-0.2, 0) is 9.59 Å². The van der Waals surface area contributed by atoms with Gasteiger partial charge in [0.2, 0.25) is 11.8 Å². The van der Waals surface area contributed by atoms with Crippen LogP contribution in [0, 0.1) is 0 Å². The molecule has 0 aliphatic carbocycles. The van der Waals surface area contributed by atoms with Gasteiger partial charge in [0.05, 0.1) is 24.5 Å². The number of carbonyl (C=O) groups excluding carboxylic acids is 2. The molecule has 2 aromatic rings. The van der Waals surface area contributed by atoms with Crippen LogP contribution in [0.5, 0.6) is 5.75 Å². The van der Waals surface area contributed by atoms with Gasteiger partial charge in [0.15, 0.2) is 6.10 Å². The molecule has 0 fully saturated rings. The molecule has 1 atom stereocenters. The van der Waals surface area contributed by atoms with Crippen molar-refractivity contribution in [2.75, 3.05) is 23.3 Å². The Bertz CT molecular complexity index is 876. The van der Waals surface area contributed by atoms with Crippen molar-refractivity contribution in [3.63, 3.8) is 0 Å². The molecule has 30 heavy (non-hydrogen) atoms. The number of hydrogen-bond acceptors (Lipinski definition) is 6. The summed E-state index contributed by atoms with van der Waals surface area (Å²) in [5.41, 5.74) is 1.56. The fourth-order valence-electron chi connectivity index (χ4n) is 3.35. The predicted molar refractivity (Wildman–Crippen MR) is 115 cm³/mol. The number of carbonyl (C=O) groups is 2. The number of rotatable bonds is 8. The third-order valence-electron chi connectivity index (χ3n) is 5.20. The van der Waals surface area contributed by atoms with Crippen molar-refractivity contribution < 1.29 is 18.8 Å². The van der Waals surface area contributed by atoms with E-state index >= 15 is 0 Å². The Morgan fingerprint density at radius 1 is 1.23 bits per heavy atom. The van der Waals surface area contributed by atoms with Gasteiger partial charge >= 0.3 is 0 Å². The Morgan fingerprint density at radius 2 is 1.97 bits per heavy atom. The maximum absolute atomic E-state index is 12.7. The Morgan fingerprint density at radius 3 is 2.63 bits per heavy atom. The van der Waals surface area contributed by atoms with Crippen LogP contribution in [-0.4, -0.2) is 42.2 Å². The van der Waals surface area contributed by atoms with E-state index in [0.29, 0.717) is 11.6 Å². The van der Waals surface area contributed by atoms with Gasteiger partial charge in [0, 0.05) is 12.1 Å². The molecule has 3 rings (SSSR count). The molecule has 1 unspecified atom stereocenters. The topological polar surface area (TPSA) is 96.7 Å². The maximum Gasteiger partial charge on any atom is 0.263 e. The van der Waals surface area contributed by atoms with Crippen LogP contribution in [0.3, 0.4) is 0 Å². The molecule has 2 heterocycles. The first kappa shape index (κ1) is 21.7. The van der Waals surface area contributed by atoms with Crippen LogP contribution >= 0.6 is 0 Å². The third kappa shape index (κ3) is 5.11. The van der Waals surface area contributed by atoms with Gasteiger partial charge in [-0.15, -0.1) is 0 Å².